The molecule has 1 saturated heterocycles. The van der Waals surface area contributed by atoms with Crippen LogP contribution in [0.3, 0.4) is 0 Å². The van der Waals surface area contributed by atoms with Crippen molar-refractivity contribution >= 4 is 25.4 Å². The Labute approximate surface area is 249 Å². The predicted octanol–water partition coefficient (Wildman–Crippen LogP) is 3.84. The highest BCUT2D eigenvalue weighted by atomic mass is 28.5. The number of hydrogen-bond acceptors (Lipinski definition) is 8. The van der Waals surface area contributed by atoms with Gasteiger partial charge in [-0.1, -0.05) is 60.7 Å². The molecule has 1 unspecified atom stereocenters. The minimum Gasteiger partial charge on any atom is -0.416 e. The Morgan fingerprint density at radius 3 is 1.86 bits per heavy atom. The summed E-state index contributed by atoms with van der Waals surface area (Å²) in [5.74, 6) is 0. The maximum Gasteiger partial charge on any atom is 0.492 e. The van der Waals surface area contributed by atoms with Crippen molar-refractivity contribution in [3.8, 4) is 0 Å². The van der Waals surface area contributed by atoms with Crippen LogP contribution in [0.25, 0.3) is 0 Å². The number of aromatic nitrogens is 2. The van der Waals surface area contributed by atoms with E-state index in [1.54, 1.807) is 0 Å². The fourth-order valence-corrected chi connectivity index (χ4v) is 15.7. The van der Waals surface area contributed by atoms with E-state index in [0.29, 0.717) is 0 Å². The molecule has 2 aromatic carbocycles. The van der Waals surface area contributed by atoms with Gasteiger partial charge in [-0.2, -0.15) is 0 Å². The number of rotatable bonds is 12. The van der Waals surface area contributed by atoms with Crippen LogP contribution in [0.5, 0.6) is 0 Å². The summed E-state index contributed by atoms with van der Waals surface area (Å²) in [6, 6.07) is 21.4. The molecule has 10 nitrogen and oxygen atoms in total. The molecule has 1 aliphatic heterocycles. The molecule has 0 amide bonds. The lowest BCUT2D eigenvalue weighted by Gasteiger charge is -2.44. The summed E-state index contributed by atoms with van der Waals surface area (Å²) in [5.41, 5.74) is 0.482. The van der Waals surface area contributed by atoms with Crippen LogP contribution in [-0.2, 0) is 22.1 Å². The molecule has 2 N–H and O–H groups in total. The Kier molecular flexibility index (Phi) is 10.1. The third-order valence-electron chi connectivity index (χ3n) is 6.68. The van der Waals surface area contributed by atoms with Gasteiger partial charge in [0.2, 0.25) is 0 Å². The van der Waals surface area contributed by atoms with Crippen molar-refractivity contribution in [2.45, 2.75) is 69.4 Å². The SMILES string of the molecule is COC1[C@@H](O)[C@@H](CO[Si](O[Si](C)(C)C)(O[Si](C)(C)C)C(c2ccccc2)c2ccccc2)O[C@H]1n1ccc(=O)[nH]c1=O. The lowest BCUT2D eigenvalue weighted by Crippen LogP contribution is -2.62. The van der Waals surface area contributed by atoms with Crippen LogP contribution in [0.4, 0.5) is 0 Å². The minimum atomic E-state index is -3.65. The first-order valence-corrected chi connectivity index (χ1v) is 22.7. The first-order valence-electron chi connectivity index (χ1n) is 14.0. The first kappa shape index (κ1) is 32.4. The molecule has 2 heterocycles. The second kappa shape index (κ2) is 13.0. The lowest BCUT2D eigenvalue weighted by molar-refractivity contribution is -0.0646. The highest BCUT2D eigenvalue weighted by Gasteiger charge is 2.57. The lowest BCUT2D eigenvalue weighted by atomic mass is 10.0. The fraction of sp³-hybridized carbons (Fsp3) is 0.448. The number of ether oxygens (including phenoxy) is 2. The van der Waals surface area contributed by atoms with Crippen molar-refractivity contribution in [3.63, 3.8) is 0 Å². The predicted molar refractivity (Wildman–Crippen MR) is 167 cm³/mol. The molecule has 1 fully saturated rings. The van der Waals surface area contributed by atoms with E-state index < -0.39 is 61.2 Å². The smallest absolute Gasteiger partial charge is 0.416 e. The Balaban J connectivity index is 1.78. The minimum absolute atomic E-state index is 0.0625. The number of aliphatic hydroxyl groups is 1. The summed E-state index contributed by atoms with van der Waals surface area (Å²) in [6.07, 6.45) is -2.53. The Bertz CT molecular complexity index is 1370. The van der Waals surface area contributed by atoms with Gasteiger partial charge in [-0.25, -0.2) is 4.79 Å². The van der Waals surface area contributed by atoms with Crippen LogP contribution in [0.15, 0.2) is 82.5 Å². The molecule has 42 heavy (non-hydrogen) atoms. The van der Waals surface area contributed by atoms with Crippen molar-refractivity contribution in [2.75, 3.05) is 13.7 Å². The first-order chi connectivity index (χ1) is 19.7. The van der Waals surface area contributed by atoms with Crippen LogP contribution in [0.2, 0.25) is 39.3 Å². The van der Waals surface area contributed by atoms with Gasteiger partial charge >= 0.3 is 14.5 Å². The molecule has 13 heteroatoms. The highest BCUT2D eigenvalue weighted by molar-refractivity contribution is 6.86. The van der Waals surface area contributed by atoms with Gasteiger partial charge < -0.3 is 27.2 Å². The highest BCUT2D eigenvalue weighted by Crippen LogP contribution is 2.41. The molecule has 4 rings (SSSR count). The summed E-state index contributed by atoms with van der Waals surface area (Å²) < 4.78 is 34.0. The van der Waals surface area contributed by atoms with Crippen molar-refractivity contribution < 1.29 is 27.2 Å². The molecule has 228 valence electrons. The standard InChI is InChI=1S/C29H42N2O8Si3/c1-35-26-25(33)23(37-28(26)31-19-18-24(32)30-29(31)34)20-36-42(38-40(2,3)4,39-41(5,6)7)27(21-14-10-8-11-15-21)22-16-12-9-13-17-22/h8-19,23,25-28,33H,20H2,1-7H3,(H,30,32,34)/t23-,25+,26?,28-/m1/s1. The van der Waals surface area contributed by atoms with Gasteiger partial charge in [0.25, 0.3) is 5.56 Å². The van der Waals surface area contributed by atoms with Crippen LogP contribution in [0.1, 0.15) is 22.9 Å². The van der Waals surface area contributed by atoms with Gasteiger partial charge in [-0.05, 0) is 50.4 Å². The third-order valence-corrected chi connectivity index (χ3v) is 15.8. The molecule has 0 bridgehead atoms. The van der Waals surface area contributed by atoms with E-state index in [0.717, 1.165) is 11.1 Å². The van der Waals surface area contributed by atoms with Crippen molar-refractivity contribution in [1.29, 1.82) is 0 Å². The zero-order valence-corrected chi connectivity index (χ0v) is 28.3. The fourth-order valence-electron chi connectivity index (χ4n) is 5.19. The third kappa shape index (κ3) is 7.72. The maximum absolute atomic E-state index is 12.6. The van der Waals surface area contributed by atoms with Crippen LogP contribution in [0, 0.1) is 0 Å². The summed E-state index contributed by atoms with van der Waals surface area (Å²) in [4.78, 5) is 26.4. The number of aliphatic hydroxyl groups excluding tert-OH is 1. The van der Waals surface area contributed by atoms with E-state index in [1.165, 1.54) is 23.9 Å². The van der Waals surface area contributed by atoms with Crippen LogP contribution >= 0.6 is 0 Å². The summed E-state index contributed by atoms with van der Waals surface area (Å²) in [7, 11) is -6.79. The molecule has 0 saturated carbocycles. The average Bonchev–Trinajstić information content (AvgIpc) is 3.21. The number of H-pyrrole nitrogens is 1. The Morgan fingerprint density at radius 2 is 1.40 bits per heavy atom. The second-order valence-corrected chi connectivity index (χ2v) is 24.5. The van der Waals surface area contributed by atoms with E-state index in [9.17, 15) is 14.7 Å². The van der Waals surface area contributed by atoms with E-state index >= 15 is 0 Å². The van der Waals surface area contributed by atoms with Crippen molar-refractivity contribution in [2.24, 2.45) is 0 Å². The van der Waals surface area contributed by atoms with E-state index in [2.05, 4.69) is 68.5 Å². The van der Waals surface area contributed by atoms with Crippen LogP contribution in [-0.4, -0.2) is 72.1 Å². The number of aromatic amines is 1. The maximum atomic E-state index is 12.6. The zero-order valence-electron chi connectivity index (χ0n) is 25.3. The van der Waals surface area contributed by atoms with Gasteiger partial charge in [-0.3, -0.25) is 14.3 Å². The largest absolute Gasteiger partial charge is 0.492 e. The van der Waals surface area contributed by atoms with E-state index in [1.807, 2.05) is 36.4 Å². The monoisotopic (exact) mass is 630 g/mol. The van der Waals surface area contributed by atoms with Crippen molar-refractivity contribution in [3.05, 3.63) is 105 Å². The number of methoxy groups -OCH3 is 1. The van der Waals surface area contributed by atoms with Crippen molar-refractivity contribution in [1.82, 2.24) is 9.55 Å². The molecule has 0 radical (unpaired) electrons. The molecule has 0 aliphatic carbocycles. The number of benzene rings is 2. The molecular weight excluding hydrogens is 589 g/mol. The average molecular weight is 631 g/mol. The molecule has 0 spiro atoms. The van der Waals surface area contributed by atoms with Gasteiger partial charge in [0, 0.05) is 19.4 Å². The quantitative estimate of drug-likeness (QED) is 0.290. The molecule has 1 aliphatic rings. The molecule has 1 aromatic heterocycles. The van der Waals surface area contributed by atoms with Gasteiger partial charge in [0.1, 0.15) is 18.3 Å². The summed E-state index contributed by atoms with van der Waals surface area (Å²) >= 11 is 0. The number of nitrogens with one attached hydrogen (secondary N) is 1. The van der Waals surface area contributed by atoms with E-state index in [-0.39, 0.29) is 12.1 Å². The summed E-state index contributed by atoms with van der Waals surface area (Å²) in [6.45, 7) is 12.6. The van der Waals surface area contributed by atoms with E-state index in [4.69, 9.17) is 22.1 Å². The zero-order chi connectivity index (χ0) is 30.7. The Hall–Kier alpha value is -2.47. The summed E-state index contributed by atoms with van der Waals surface area (Å²) in [5, 5.41) is 11.3. The second-order valence-electron chi connectivity index (χ2n) is 12.4. The van der Waals surface area contributed by atoms with Gasteiger partial charge in [0.05, 0.1) is 12.1 Å². The molecule has 4 atom stereocenters. The van der Waals surface area contributed by atoms with Gasteiger partial charge in [0.15, 0.2) is 22.9 Å². The Morgan fingerprint density at radius 1 is 0.881 bits per heavy atom. The topological polar surface area (TPSA) is 121 Å². The normalized spacial score (nSPS) is 21.6. The van der Waals surface area contributed by atoms with Crippen LogP contribution < -0.4 is 11.2 Å². The van der Waals surface area contributed by atoms with Gasteiger partial charge in [-0.15, -0.1) is 0 Å². The molecular formula is C29H42N2O8Si3. The number of hydrogen-bond donors (Lipinski definition) is 2. The number of nitrogens with zero attached hydrogens (tertiary/aromatic N) is 1. The molecule has 3 aromatic rings.